The number of rotatable bonds is 7. The molecular weight excluding hydrogens is 360 g/mol. The van der Waals surface area contributed by atoms with Gasteiger partial charge in [-0.3, -0.25) is 4.79 Å². The molecule has 0 heterocycles. The molecule has 0 unspecified atom stereocenters. The third-order valence-corrected chi connectivity index (χ3v) is 5.05. The molecule has 0 saturated carbocycles. The molecule has 25 heavy (non-hydrogen) atoms. The number of halogens is 1. The highest BCUT2D eigenvalue weighted by molar-refractivity contribution is 7.90. The first-order valence-corrected chi connectivity index (χ1v) is 10.1. The average molecular weight is 381 g/mol. The number of sulfone groups is 1. The van der Waals surface area contributed by atoms with E-state index in [2.05, 4.69) is 10.6 Å². The minimum Gasteiger partial charge on any atom is -0.376 e. The zero-order chi connectivity index (χ0) is 18.4. The molecule has 0 saturated heterocycles. The zero-order valence-electron chi connectivity index (χ0n) is 14.2. The maximum atomic E-state index is 11.9. The van der Waals surface area contributed by atoms with Crippen LogP contribution in [-0.2, 0) is 21.1 Å². The molecule has 0 bridgehead atoms. The fourth-order valence-electron chi connectivity index (χ4n) is 2.30. The Balaban J connectivity index is 1.86. The van der Waals surface area contributed by atoms with Gasteiger partial charge in [-0.1, -0.05) is 29.8 Å². The van der Waals surface area contributed by atoms with E-state index in [1.807, 2.05) is 25.1 Å². The summed E-state index contributed by atoms with van der Waals surface area (Å²) in [6, 6.07) is 12.3. The van der Waals surface area contributed by atoms with Crippen molar-refractivity contribution in [1.29, 1.82) is 0 Å². The number of aryl methyl sites for hydroxylation is 1. The van der Waals surface area contributed by atoms with Gasteiger partial charge < -0.3 is 10.6 Å². The van der Waals surface area contributed by atoms with Crippen LogP contribution < -0.4 is 10.6 Å². The summed E-state index contributed by atoms with van der Waals surface area (Å²) in [6.45, 7) is 2.43. The van der Waals surface area contributed by atoms with Gasteiger partial charge in [-0.25, -0.2) is 8.42 Å². The third-order valence-electron chi connectivity index (χ3n) is 3.70. The molecular formula is C18H21ClN2O3S. The minimum atomic E-state index is -3.28. The first-order chi connectivity index (χ1) is 11.8. The summed E-state index contributed by atoms with van der Waals surface area (Å²) in [5, 5.41) is 6.48. The molecule has 2 aromatic carbocycles. The van der Waals surface area contributed by atoms with Crippen LogP contribution in [0.5, 0.6) is 0 Å². The fourth-order valence-corrected chi connectivity index (χ4v) is 3.16. The third kappa shape index (κ3) is 6.07. The predicted molar refractivity (Wildman–Crippen MR) is 101 cm³/mol. The molecule has 2 rings (SSSR count). The second-order valence-electron chi connectivity index (χ2n) is 5.83. The lowest BCUT2D eigenvalue weighted by Crippen LogP contribution is -2.31. The van der Waals surface area contributed by atoms with E-state index in [1.54, 1.807) is 24.3 Å². The minimum absolute atomic E-state index is 0.0730. The Morgan fingerprint density at radius 3 is 2.60 bits per heavy atom. The standard InChI is InChI=1S/C18H21ClN2O3S/c1-13-6-7-16(25(2,23)24)11-17(13)21-12-18(22)20-9-8-14-4-3-5-15(19)10-14/h3-7,10-11,21H,8-9,12H2,1-2H3,(H,20,22). The molecule has 134 valence electrons. The summed E-state index contributed by atoms with van der Waals surface area (Å²) in [5.41, 5.74) is 2.56. The van der Waals surface area contributed by atoms with E-state index in [4.69, 9.17) is 11.6 Å². The highest BCUT2D eigenvalue weighted by atomic mass is 35.5. The first-order valence-electron chi connectivity index (χ1n) is 7.81. The molecule has 1 amide bonds. The molecule has 0 aliphatic rings. The van der Waals surface area contributed by atoms with Crippen LogP contribution in [0.15, 0.2) is 47.4 Å². The lowest BCUT2D eigenvalue weighted by Gasteiger charge is -2.11. The number of carbonyl (C=O) groups is 1. The summed E-state index contributed by atoms with van der Waals surface area (Å²) in [4.78, 5) is 12.2. The smallest absolute Gasteiger partial charge is 0.239 e. The van der Waals surface area contributed by atoms with Crippen LogP contribution in [-0.4, -0.2) is 33.7 Å². The topological polar surface area (TPSA) is 75.3 Å². The van der Waals surface area contributed by atoms with Crippen molar-refractivity contribution in [2.75, 3.05) is 24.7 Å². The Bertz CT molecular complexity index is 866. The highest BCUT2D eigenvalue weighted by Crippen LogP contribution is 2.19. The Morgan fingerprint density at radius 1 is 1.16 bits per heavy atom. The van der Waals surface area contributed by atoms with Crippen LogP contribution in [0, 0.1) is 6.92 Å². The number of amides is 1. The number of nitrogens with one attached hydrogen (secondary N) is 2. The van der Waals surface area contributed by atoms with Crippen LogP contribution in [0.3, 0.4) is 0 Å². The van der Waals surface area contributed by atoms with Gasteiger partial charge >= 0.3 is 0 Å². The molecule has 0 spiro atoms. The summed E-state index contributed by atoms with van der Waals surface area (Å²) in [5.74, 6) is -0.161. The van der Waals surface area contributed by atoms with E-state index in [0.717, 1.165) is 17.4 Å². The van der Waals surface area contributed by atoms with Gasteiger partial charge in [-0.2, -0.15) is 0 Å². The van der Waals surface area contributed by atoms with E-state index < -0.39 is 9.84 Å². The van der Waals surface area contributed by atoms with Crippen molar-refractivity contribution in [3.05, 3.63) is 58.6 Å². The Kier molecular flexibility index (Phi) is 6.45. The molecule has 0 fully saturated rings. The molecule has 0 radical (unpaired) electrons. The van der Waals surface area contributed by atoms with Crippen LogP contribution in [0.25, 0.3) is 0 Å². The summed E-state index contributed by atoms with van der Waals surface area (Å²) in [7, 11) is -3.28. The van der Waals surface area contributed by atoms with Gasteiger partial charge in [0.25, 0.3) is 0 Å². The van der Waals surface area contributed by atoms with Crippen molar-refractivity contribution >= 4 is 33.0 Å². The Labute approximate surface area is 153 Å². The predicted octanol–water partition coefficient (Wildman–Crippen LogP) is 2.82. The molecule has 0 atom stereocenters. The largest absolute Gasteiger partial charge is 0.376 e. The van der Waals surface area contributed by atoms with E-state index in [-0.39, 0.29) is 17.3 Å². The van der Waals surface area contributed by atoms with E-state index in [1.165, 1.54) is 0 Å². The van der Waals surface area contributed by atoms with Crippen LogP contribution in [0.2, 0.25) is 5.02 Å². The van der Waals surface area contributed by atoms with Gasteiger partial charge in [0.1, 0.15) is 0 Å². The molecule has 0 aromatic heterocycles. The Hall–Kier alpha value is -2.05. The van der Waals surface area contributed by atoms with Crippen molar-refractivity contribution in [1.82, 2.24) is 5.32 Å². The number of anilines is 1. The second-order valence-corrected chi connectivity index (χ2v) is 8.28. The number of hydrogen-bond donors (Lipinski definition) is 2. The second kappa shape index (κ2) is 8.36. The van der Waals surface area contributed by atoms with Gasteiger partial charge in [-0.15, -0.1) is 0 Å². The number of hydrogen-bond acceptors (Lipinski definition) is 4. The quantitative estimate of drug-likeness (QED) is 0.774. The van der Waals surface area contributed by atoms with Gasteiger partial charge in [0.05, 0.1) is 11.4 Å². The lowest BCUT2D eigenvalue weighted by molar-refractivity contribution is -0.119. The molecule has 0 aliphatic carbocycles. The van der Waals surface area contributed by atoms with Gasteiger partial charge in [-0.05, 0) is 48.7 Å². The maximum absolute atomic E-state index is 11.9. The molecule has 2 aromatic rings. The monoisotopic (exact) mass is 380 g/mol. The van der Waals surface area contributed by atoms with E-state index in [9.17, 15) is 13.2 Å². The maximum Gasteiger partial charge on any atom is 0.239 e. The normalized spacial score (nSPS) is 11.2. The molecule has 0 aliphatic heterocycles. The van der Waals surface area contributed by atoms with Gasteiger partial charge in [0, 0.05) is 23.5 Å². The summed E-state index contributed by atoms with van der Waals surface area (Å²) >= 11 is 5.92. The van der Waals surface area contributed by atoms with Crippen LogP contribution in [0.1, 0.15) is 11.1 Å². The Morgan fingerprint density at radius 2 is 1.92 bits per heavy atom. The fraction of sp³-hybridized carbons (Fsp3) is 0.278. The molecule has 5 nitrogen and oxygen atoms in total. The van der Waals surface area contributed by atoms with Crippen molar-refractivity contribution in [2.45, 2.75) is 18.2 Å². The van der Waals surface area contributed by atoms with Gasteiger partial charge in [0.15, 0.2) is 9.84 Å². The summed E-state index contributed by atoms with van der Waals surface area (Å²) in [6.07, 6.45) is 1.85. The highest BCUT2D eigenvalue weighted by Gasteiger charge is 2.10. The van der Waals surface area contributed by atoms with Gasteiger partial charge in [0.2, 0.25) is 5.91 Å². The first kappa shape index (κ1) is 19.3. The average Bonchev–Trinajstić information content (AvgIpc) is 2.53. The molecule has 7 heteroatoms. The van der Waals surface area contributed by atoms with Crippen LogP contribution >= 0.6 is 11.6 Å². The SMILES string of the molecule is Cc1ccc(S(C)(=O)=O)cc1NCC(=O)NCCc1cccc(Cl)c1. The van der Waals surface area contributed by atoms with E-state index in [0.29, 0.717) is 23.7 Å². The van der Waals surface area contributed by atoms with Crippen LogP contribution in [0.4, 0.5) is 5.69 Å². The number of carbonyl (C=O) groups excluding carboxylic acids is 1. The lowest BCUT2D eigenvalue weighted by atomic mass is 10.1. The van der Waals surface area contributed by atoms with Crippen molar-refractivity contribution in [3.8, 4) is 0 Å². The summed E-state index contributed by atoms with van der Waals surface area (Å²) < 4.78 is 23.2. The van der Waals surface area contributed by atoms with Crippen molar-refractivity contribution in [3.63, 3.8) is 0 Å². The number of benzene rings is 2. The van der Waals surface area contributed by atoms with E-state index >= 15 is 0 Å². The zero-order valence-corrected chi connectivity index (χ0v) is 15.7. The van der Waals surface area contributed by atoms with Crippen molar-refractivity contribution < 1.29 is 13.2 Å². The van der Waals surface area contributed by atoms with Crippen molar-refractivity contribution in [2.24, 2.45) is 0 Å². The molecule has 2 N–H and O–H groups in total.